The maximum absolute atomic E-state index is 13.0. The van der Waals surface area contributed by atoms with Crippen LogP contribution in [0.2, 0.25) is 4.34 Å². The summed E-state index contributed by atoms with van der Waals surface area (Å²) in [5.74, 6) is -1.82. The largest absolute Gasteiger partial charge is 0.478 e. The standard InChI is InChI=1S/C22H21ClN4O4S2.ClH/c1-2-27-8-7-14-17(11-27)33-21(26-14)20(29)25-15-9-12(22(30)31)3-4-13(15)10-24-19(28)16-5-6-18(23)32-16;/h3-6,9H,2,7-8,10-11H2,1H3,(H,24,28)(H,25,29)(H,30,31);1H. The fourth-order valence-electron chi connectivity index (χ4n) is 3.47. The van der Waals surface area contributed by atoms with E-state index in [1.165, 1.54) is 23.5 Å². The summed E-state index contributed by atoms with van der Waals surface area (Å²) in [6.45, 7) is 4.82. The maximum atomic E-state index is 13.0. The fraction of sp³-hybridized carbons (Fsp3) is 0.273. The summed E-state index contributed by atoms with van der Waals surface area (Å²) < 4.78 is 0.507. The summed E-state index contributed by atoms with van der Waals surface area (Å²) in [5.41, 5.74) is 1.86. The lowest BCUT2D eigenvalue weighted by Gasteiger charge is -2.23. The predicted molar refractivity (Wildman–Crippen MR) is 136 cm³/mol. The van der Waals surface area contributed by atoms with E-state index in [4.69, 9.17) is 11.6 Å². The smallest absolute Gasteiger partial charge is 0.335 e. The van der Waals surface area contributed by atoms with Crippen molar-refractivity contribution in [2.75, 3.05) is 18.4 Å². The number of halogens is 2. The van der Waals surface area contributed by atoms with Crippen molar-refractivity contribution in [3.63, 3.8) is 0 Å². The highest BCUT2D eigenvalue weighted by molar-refractivity contribution is 7.18. The molecule has 0 saturated heterocycles. The van der Waals surface area contributed by atoms with E-state index in [0.29, 0.717) is 25.5 Å². The average molecular weight is 541 g/mol. The molecule has 4 rings (SSSR count). The van der Waals surface area contributed by atoms with Gasteiger partial charge in [0, 0.05) is 36.6 Å². The second-order valence-corrected chi connectivity index (χ2v) is 10.2. The molecular formula is C22H22Cl2N4O4S2. The number of carboxylic acid groups (broad SMARTS) is 1. The van der Waals surface area contributed by atoms with Crippen LogP contribution in [-0.2, 0) is 19.5 Å². The monoisotopic (exact) mass is 540 g/mol. The van der Waals surface area contributed by atoms with Crippen LogP contribution in [-0.4, -0.2) is 45.9 Å². The number of rotatable bonds is 7. The lowest BCUT2D eigenvalue weighted by Crippen LogP contribution is -2.29. The van der Waals surface area contributed by atoms with E-state index in [1.807, 2.05) is 0 Å². The Hall–Kier alpha value is -2.50. The minimum Gasteiger partial charge on any atom is -0.478 e. The minimum absolute atomic E-state index is 0. The van der Waals surface area contributed by atoms with Crippen LogP contribution in [0.4, 0.5) is 5.69 Å². The van der Waals surface area contributed by atoms with Gasteiger partial charge in [-0.15, -0.1) is 35.1 Å². The van der Waals surface area contributed by atoms with Crippen molar-refractivity contribution < 1.29 is 19.5 Å². The molecule has 0 radical (unpaired) electrons. The number of aromatic nitrogens is 1. The van der Waals surface area contributed by atoms with Crippen LogP contribution >= 0.6 is 46.7 Å². The summed E-state index contributed by atoms with van der Waals surface area (Å²) in [6, 6.07) is 7.66. The first-order chi connectivity index (χ1) is 15.8. The number of nitrogens with zero attached hydrogens (tertiary/aromatic N) is 2. The van der Waals surface area contributed by atoms with Crippen LogP contribution in [0, 0.1) is 0 Å². The zero-order chi connectivity index (χ0) is 23.5. The SMILES string of the molecule is CCN1CCc2nc(C(=O)Nc3cc(C(=O)O)ccc3CNC(=O)c3ccc(Cl)s3)sc2C1.Cl. The minimum atomic E-state index is -1.11. The van der Waals surface area contributed by atoms with Crippen LogP contribution in [0.15, 0.2) is 30.3 Å². The highest BCUT2D eigenvalue weighted by atomic mass is 35.5. The van der Waals surface area contributed by atoms with Crippen molar-refractivity contribution in [1.29, 1.82) is 0 Å². The summed E-state index contributed by atoms with van der Waals surface area (Å²) in [5, 5.41) is 15.3. The van der Waals surface area contributed by atoms with E-state index in [-0.39, 0.29) is 30.4 Å². The molecule has 34 heavy (non-hydrogen) atoms. The molecule has 3 N–H and O–H groups in total. The summed E-state index contributed by atoms with van der Waals surface area (Å²) in [7, 11) is 0. The van der Waals surface area contributed by atoms with Crippen molar-refractivity contribution in [1.82, 2.24) is 15.2 Å². The van der Waals surface area contributed by atoms with E-state index in [1.54, 1.807) is 18.2 Å². The van der Waals surface area contributed by atoms with Crippen LogP contribution in [0.3, 0.4) is 0 Å². The van der Waals surface area contributed by atoms with E-state index >= 15 is 0 Å². The van der Waals surface area contributed by atoms with E-state index < -0.39 is 11.9 Å². The third-order valence-electron chi connectivity index (χ3n) is 5.29. The molecule has 1 aliphatic heterocycles. The molecule has 12 heteroatoms. The first kappa shape index (κ1) is 26.1. The number of thiazole rings is 1. The number of nitrogens with one attached hydrogen (secondary N) is 2. The molecule has 0 bridgehead atoms. The Morgan fingerprint density at radius 2 is 1.97 bits per heavy atom. The van der Waals surface area contributed by atoms with E-state index in [2.05, 4.69) is 27.4 Å². The Kier molecular flexibility index (Phi) is 8.67. The Balaban J connectivity index is 0.00000324. The van der Waals surface area contributed by atoms with Gasteiger partial charge in [0.2, 0.25) is 0 Å². The number of thiophene rings is 1. The van der Waals surface area contributed by atoms with Crippen molar-refractivity contribution >= 4 is 70.2 Å². The molecule has 2 aromatic heterocycles. The maximum Gasteiger partial charge on any atom is 0.335 e. The number of carbonyl (C=O) groups excluding carboxylic acids is 2. The number of likely N-dealkylation sites (N-methyl/N-ethyl adjacent to an activating group) is 1. The second kappa shape index (κ2) is 11.3. The molecular weight excluding hydrogens is 519 g/mol. The molecule has 0 atom stereocenters. The van der Waals surface area contributed by atoms with Gasteiger partial charge in [0.15, 0.2) is 5.01 Å². The molecule has 0 spiro atoms. The number of carboxylic acids is 1. The van der Waals surface area contributed by atoms with Gasteiger partial charge in [0.1, 0.15) is 0 Å². The summed E-state index contributed by atoms with van der Waals surface area (Å²) >= 11 is 8.40. The topological polar surface area (TPSA) is 112 Å². The summed E-state index contributed by atoms with van der Waals surface area (Å²) in [6.07, 6.45) is 0.797. The first-order valence-corrected chi connectivity index (χ1v) is 12.3. The van der Waals surface area contributed by atoms with Crippen molar-refractivity contribution in [3.8, 4) is 0 Å². The molecule has 3 aromatic rings. The molecule has 0 unspecified atom stereocenters. The van der Waals surface area contributed by atoms with Crippen molar-refractivity contribution in [3.05, 3.63) is 66.3 Å². The average Bonchev–Trinajstić information content (AvgIpc) is 3.43. The third kappa shape index (κ3) is 5.94. The number of hydrogen-bond acceptors (Lipinski definition) is 7. The van der Waals surface area contributed by atoms with Crippen LogP contribution in [0.5, 0.6) is 0 Å². The Morgan fingerprint density at radius 3 is 2.65 bits per heavy atom. The number of benzene rings is 1. The van der Waals surface area contributed by atoms with E-state index in [9.17, 15) is 19.5 Å². The Morgan fingerprint density at radius 1 is 1.18 bits per heavy atom. The molecule has 0 aliphatic carbocycles. The van der Waals surface area contributed by atoms with Crippen molar-refractivity contribution in [2.24, 2.45) is 0 Å². The van der Waals surface area contributed by atoms with E-state index in [0.717, 1.165) is 48.0 Å². The van der Waals surface area contributed by atoms with Gasteiger partial charge < -0.3 is 15.7 Å². The molecule has 3 heterocycles. The molecule has 180 valence electrons. The van der Waals surface area contributed by atoms with Gasteiger partial charge >= 0.3 is 5.97 Å². The quantitative estimate of drug-likeness (QED) is 0.405. The van der Waals surface area contributed by atoms with Crippen LogP contribution < -0.4 is 10.6 Å². The molecule has 2 amide bonds. The number of anilines is 1. The molecule has 1 aromatic carbocycles. The van der Waals surface area contributed by atoms with Crippen molar-refractivity contribution in [2.45, 2.75) is 26.4 Å². The zero-order valence-electron chi connectivity index (χ0n) is 18.1. The number of hydrogen-bond donors (Lipinski definition) is 3. The normalized spacial score (nSPS) is 13.0. The van der Waals surface area contributed by atoms with Gasteiger partial charge in [-0.2, -0.15) is 0 Å². The number of carbonyl (C=O) groups is 3. The van der Waals surface area contributed by atoms with Gasteiger partial charge in [0.25, 0.3) is 11.8 Å². The van der Waals surface area contributed by atoms with Gasteiger partial charge in [0.05, 0.1) is 20.5 Å². The number of fused-ring (bicyclic) bond motifs is 1. The first-order valence-electron chi connectivity index (χ1n) is 10.3. The van der Waals surface area contributed by atoms with Crippen LogP contribution in [0.1, 0.15) is 52.9 Å². The Labute approximate surface area is 215 Å². The lowest BCUT2D eigenvalue weighted by atomic mass is 10.1. The summed E-state index contributed by atoms with van der Waals surface area (Å²) in [4.78, 5) is 45.1. The van der Waals surface area contributed by atoms with Gasteiger partial charge in [-0.05, 0) is 36.4 Å². The molecule has 0 fully saturated rings. The highest BCUT2D eigenvalue weighted by Gasteiger charge is 2.23. The molecule has 8 nitrogen and oxygen atoms in total. The van der Waals surface area contributed by atoms with Gasteiger partial charge in [-0.25, -0.2) is 9.78 Å². The fourth-order valence-corrected chi connectivity index (χ4v) is 5.48. The lowest BCUT2D eigenvalue weighted by molar-refractivity contribution is 0.0696. The molecule has 0 saturated carbocycles. The predicted octanol–water partition coefficient (Wildman–Crippen LogP) is 4.54. The number of amides is 2. The van der Waals surface area contributed by atoms with Gasteiger partial charge in [-0.3, -0.25) is 14.5 Å². The van der Waals surface area contributed by atoms with Crippen LogP contribution in [0.25, 0.3) is 0 Å². The second-order valence-electron chi connectivity index (χ2n) is 7.43. The highest BCUT2D eigenvalue weighted by Crippen LogP contribution is 2.27. The number of aromatic carboxylic acids is 1. The zero-order valence-corrected chi connectivity index (χ0v) is 21.3. The van der Waals surface area contributed by atoms with Gasteiger partial charge in [-0.1, -0.05) is 24.6 Å². The third-order valence-corrected chi connectivity index (χ3v) is 7.60. The molecule has 1 aliphatic rings. The Bertz CT molecular complexity index is 1230.